The standard InChI is InChI=1S/C63H37N5OS/c1-4-16-38(17-5-1)61-64-62(39-18-6-2-7-19-39)66-63(65-61)46-30-32-53(59-45-24-12-15-27-58(45)70-60(46)59)68-52-31-28-40(41-29-33-57-50(35-41)44-23-11-14-26-56(44)69-57)34-47(52)49-37-54-48(36-55(49)68)43-22-10-13-25-51(43)67(54)42-20-8-3-9-21-42/h1-37H. The summed E-state index contributed by atoms with van der Waals surface area (Å²) >= 11 is 1.79. The van der Waals surface area contributed by atoms with Crippen LogP contribution in [-0.2, 0) is 0 Å². The Hall–Kier alpha value is -9.17. The maximum Gasteiger partial charge on any atom is 0.165 e. The summed E-state index contributed by atoms with van der Waals surface area (Å²) in [5.41, 5.74) is 13.7. The average molecular weight is 912 g/mol. The third-order valence-electron chi connectivity index (χ3n) is 14.0. The molecule has 15 rings (SSSR count). The van der Waals surface area contributed by atoms with Crippen LogP contribution in [0.25, 0.3) is 142 Å². The van der Waals surface area contributed by atoms with Crippen molar-refractivity contribution in [1.82, 2.24) is 24.1 Å². The minimum Gasteiger partial charge on any atom is -0.456 e. The van der Waals surface area contributed by atoms with Gasteiger partial charge < -0.3 is 13.6 Å². The van der Waals surface area contributed by atoms with Gasteiger partial charge in [0.1, 0.15) is 11.2 Å². The molecule has 0 N–H and O–H groups in total. The molecule has 5 aromatic heterocycles. The van der Waals surface area contributed by atoms with Gasteiger partial charge in [0.25, 0.3) is 0 Å². The van der Waals surface area contributed by atoms with E-state index in [-0.39, 0.29) is 0 Å². The zero-order valence-corrected chi connectivity index (χ0v) is 38.2. The number of aromatic nitrogens is 5. The molecule has 0 aliphatic carbocycles. The Balaban J connectivity index is 1.03. The Morgan fingerprint density at radius 2 is 0.886 bits per heavy atom. The summed E-state index contributed by atoms with van der Waals surface area (Å²) in [5, 5.41) is 9.33. The minimum absolute atomic E-state index is 0.639. The predicted octanol–water partition coefficient (Wildman–Crippen LogP) is 17.0. The molecule has 0 bridgehead atoms. The number of furan rings is 1. The molecule has 15 aromatic rings. The highest BCUT2D eigenvalue weighted by Gasteiger charge is 2.24. The van der Waals surface area contributed by atoms with Crippen molar-refractivity contribution >= 4 is 97.1 Å². The van der Waals surface area contributed by atoms with Crippen LogP contribution in [0.2, 0.25) is 0 Å². The molecule has 7 heteroatoms. The van der Waals surface area contributed by atoms with E-state index >= 15 is 0 Å². The highest BCUT2D eigenvalue weighted by atomic mass is 32.1. The smallest absolute Gasteiger partial charge is 0.165 e. The summed E-state index contributed by atoms with van der Waals surface area (Å²) in [6.07, 6.45) is 0. The molecule has 70 heavy (non-hydrogen) atoms. The van der Waals surface area contributed by atoms with Crippen LogP contribution in [-0.4, -0.2) is 24.1 Å². The molecular formula is C63H37N5OS. The molecule has 326 valence electrons. The van der Waals surface area contributed by atoms with Crippen molar-refractivity contribution < 1.29 is 4.42 Å². The van der Waals surface area contributed by atoms with E-state index in [2.05, 4.69) is 185 Å². The number of para-hydroxylation sites is 3. The maximum atomic E-state index is 6.27. The molecule has 6 nitrogen and oxygen atoms in total. The lowest BCUT2D eigenvalue weighted by molar-refractivity contribution is 0.669. The van der Waals surface area contributed by atoms with E-state index < -0.39 is 0 Å². The first-order chi connectivity index (χ1) is 34.7. The summed E-state index contributed by atoms with van der Waals surface area (Å²) in [4.78, 5) is 15.5. The molecule has 0 atom stereocenters. The quantitative estimate of drug-likeness (QED) is 0.167. The number of fused-ring (bicyclic) bond motifs is 12. The lowest BCUT2D eigenvalue weighted by Gasteiger charge is -2.14. The first kappa shape index (κ1) is 38.9. The number of nitrogens with zero attached hydrogens (tertiary/aromatic N) is 5. The molecule has 0 aliphatic rings. The predicted molar refractivity (Wildman–Crippen MR) is 290 cm³/mol. The second-order valence-corrected chi connectivity index (χ2v) is 19.0. The molecule has 0 unspecified atom stereocenters. The minimum atomic E-state index is 0.639. The van der Waals surface area contributed by atoms with Gasteiger partial charge in [-0.1, -0.05) is 146 Å². The van der Waals surface area contributed by atoms with Crippen molar-refractivity contribution in [2.75, 3.05) is 0 Å². The SMILES string of the molecule is c1ccc(-c2nc(-c3ccccc3)nc(-c3ccc(-n4c5ccc(-c6ccc7oc8ccccc8c7c6)cc5c5cc6c(cc54)c4ccccc4n6-c4ccccc4)c4c3sc3ccccc34)n2)cc1. The van der Waals surface area contributed by atoms with Crippen LogP contribution >= 0.6 is 11.3 Å². The van der Waals surface area contributed by atoms with E-state index in [1.165, 1.54) is 37.1 Å². The Bertz CT molecular complexity index is 4530. The van der Waals surface area contributed by atoms with Crippen LogP contribution in [0.3, 0.4) is 0 Å². The van der Waals surface area contributed by atoms with Crippen LogP contribution in [0.15, 0.2) is 229 Å². The fourth-order valence-electron chi connectivity index (χ4n) is 10.8. The Labute approximate surface area is 404 Å². The number of hydrogen-bond acceptors (Lipinski definition) is 5. The van der Waals surface area contributed by atoms with Gasteiger partial charge in [0.15, 0.2) is 17.5 Å². The summed E-state index contributed by atoms with van der Waals surface area (Å²) < 4.78 is 13.5. The molecular weight excluding hydrogens is 875 g/mol. The highest BCUT2D eigenvalue weighted by molar-refractivity contribution is 7.26. The van der Waals surface area contributed by atoms with Crippen molar-refractivity contribution in [2.45, 2.75) is 0 Å². The molecule has 0 radical (unpaired) electrons. The second-order valence-electron chi connectivity index (χ2n) is 17.9. The van der Waals surface area contributed by atoms with E-state index in [0.29, 0.717) is 17.5 Å². The lowest BCUT2D eigenvalue weighted by atomic mass is 10.0. The third-order valence-corrected chi connectivity index (χ3v) is 15.2. The maximum absolute atomic E-state index is 6.27. The lowest BCUT2D eigenvalue weighted by Crippen LogP contribution is -2.01. The van der Waals surface area contributed by atoms with E-state index in [9.17, 15) is 0 Å². The number of benzene rings is 10. The first-order valence-electron chi connectivity index (χ1n) is 23.5. The molecule has 5 heterocycles. The Morgan fingerprint density at radius 3 is 1.64 bits per heavy atom. The molecule has 0 amide bonds. The van der Waals surface area contributed by atoms with Crippen LogP contribution in [0.4, 0.5) is 0 Å². The van der Waals surface area contributed by atoms with Gasteiger partial charge in [-0.15, -0.1) is 11.3 Å². The molecule has 0 saturated carbocycles. The van der Waals surface area contributed by atoms with Crippen molar-refractivity contribution in [1.29, 1.82) is 0 Å². The van der Waals surface area contributed by atoms with Gasteiger partial charge in [-0.2, -0.15) is 0 Å². The molecule has 0 saturated heterocycles. The van der Waals surface area contributed by atoms with Crippen molar-refractivity contribution in [3.05, 3.63) is 224 Å². The van der Waals surface area contributed by atoms with Gasteiger partial charge >= 0.3 is 0 Å². The van der Waals surface area contributed by atoms with Crippen LogP contribution in [0, 0.1) is 0 Å². The third kappa shape index (κ3) is 5.89. The number of thiophene rings is 1. The average Bonchev–Trinajstić information content (AvgIpc) is 4.18. The van der Waals surface area contributed by atoms with Gasteiger partial charge in [0, 0.05) is 74.9 Å². The van der Waals surface area contributed by atoms with Gasteiger partial charge in [-0.25, -0.2) is 15.0 Å². The fraction of sp³-hybridized carbons (Fsp3) is 0. The van der Waals surface area contributed by atoms with Crippen LogP contribution in [0.5, 0.6) is 0 Å². The number of hydrogen-bond donors (Lipinski definition) is 0. The highest BCUT2D eigenvalue weighted by Crippen LogP contribution is 2.47. The molecule has 10 aromatic carbocycles. The monoisotopic (exact) mass is 911 g/mol. The Morgan fingerprint density at radius 1 is 0.343 bits per heavy atom. The molecule has 0 aliphatic heterocycles. The van der Waals surface area contributed by atoms with Gasteiger partial charge in [-0.05, 0) is 90.0 Å². The number of rotatable bonds is 6. The van der Waals surface area contributed by atoms with Crippen molar-refractivity contribution in [2.24, 2.45) is 0 Å². The fourth-order valence-corrected chi connectivity index (χ4v) is 12.0. The molecule has 0 fully saturated rings. The van der Waals surface area contributed by atoms with Gasteiger partial charge in [0.2, 0.25) is 0 Å². The van der Waals surface area contributed by atoms with E-state index in [0.717, 1.165) is 87.8 Å². The zero-order chi connectivity index (χ0) is 45.9. The van der Waals surface area contributed by atoms with Crippen molar-refractivity contribution in [3.63, 3.8) is 0 Å². The van der Waals surface area contributed by atoms with Crippen LogP contribution < -0.4 is 0 Å². The topological polar surface area (TPSA) is 61.7 Å². The summed E-state index contributed by atoms with van der Waals surface area (Å²) in [5.74, 6) is 1.92. The van der Waals surface area contributed by atoms with Gasteiger partial charge in [0.05, 0.1) is 27.8 Å². The summed E-state index contributed by atoms with van der Waals surface area (Å²) in [7, 11) is 0. The van der Waals surface area contributed by atoms with E-state index in [4.69, 9.17) is 19.4 Å². The van der Waals surface area contributed by atoms with E-state index in [1.54, 1.807) is 11.3 Å². The normalized spacial score (nSPS) is 12.0. The van der Waals surface area contributed by atoms with Gasteiger partial charge in [-0.3, -0.25) is 0 Å². The summed E-state index contributed by atoms with van der Waals surface area (Å²) in [6.45, 7) is 0. The first-order valence-corrected chi connectivity index (χ1v) is 24.3. The molecule has 0 spiro atoms. The van der Waals surface area contributed by atoms with E-state index in [1.807, 2.05) is 48.5 Å². The Kier molecular flexibility index (Phi) is 8.43. The summed E-state index contributed by atoms with van der Waals surface area (Å²) in [6, 6.07) is 79.9. The largest absolute Gasteiger partial charge is 0.456 e. The van der Waals surface area contributed by atoms with Crippen molar-refractivity contribution in [3.8, 4) is 56.7 Å². The van der Waals surface area contributed by atoms with Crippen LogP contribution in [0.1, 0.15) is 0 Å². The zero-order valence-electron chi connectivity index (χ0n) is 37.4. The second kappa shape index (κ2) is 15.2.